The fraction of sp³-hybridized carbons (Fsp3) is 0.915. The van der Waals surface area contributed by atoms with Crippen LogP contribution in [0, 0.1) is 0 Å². The third-order valence-corrected chi connectivity index (χ3v) is 10.4. The molecule has 0 heterocycles. The van der Waals surface area contributed by atoms with Gasteiger partial charge in [-0.25, -0.2) is 0 Å². The molecule has 0 fully saturated rings. The van der Waals surface area contributed by atoms with Crippen molar-refractivity contribution < 1.29 is 38.1 Å². The Hall–Kier alpha value is -2.12. The van der Waals surface area contributed by atoms with Crippen molar-refractivity contribution in [2.24, 2.45) is 0 Å². The van der Waals surface area contributed by atoms with E-state index in [2.05, 4.69) is 13.8 Å². The fourth-order valence-electron chi connectivity index (χ4n) is 7.00. The lowest BCUT2D eigenvalue weighted by molar-refractivity contribution is -0.150. The summed E-state index contributed by atoms with van der Waals surface area (Å²) in [6.07, 6.45) is 35.9. The number of unbranched alkanes of at least 4 members (excludes halogenated alkanes) is 20. The highest BCUT2D eigenvalue weighted by atomic mass is 16.6. The average Bonchev–Trinajstić information content (AvgIpc) is 3.16. The van der Waals surface area contributed by atoms with Crippen LogP contribution in [-0.2, 0) is 38.1 Å². The molecule has 0 aliphatic heterocycles. The summed E-state index contributed by atoms with van der Waals surface area (Å²) in [4.78, 5) is 48.1. The van der Waals surface area contributed by atoms with Crippen LogP contribution in [0.3, 0.4) is 0 Å². The van der Waals surface area contributed by atoms with E-state index in [0.29, 0.717) is 45.3 Å². The summed E-state index contributed by atoms with van der Waals surface area (Å²) in [7, 11) is 0. The second kappa shape index (κ2) is 41.5. The van der Waals surface area contributed by atoms with Gasteiger partial charge >= 0.3 is 23.9 Å². The summed E-state index contributed by atoms with van der Waals surface area (Å²) < 4.78 is 22.2. The molecule has 0 aromatic carbocycles. The Bertz CT molecular complexity index is 890. The topological polar surface area (TPSA) is 105 Å². The Labute approximate surface area is 339 Å². The number of ether oxygens (including phenoxy) is 4. The number of esters is 4. The van der Waals surface area contributed by atoms with E-state index in [-0.39, 0.29) is 36.1 Å². The molecule has 2 unspecified atom stereocenters. The van der Waals surface area contributed by atoms with E-state index in [1.165, 1.54) is 77.0 Å². The van der Waals surface area contributed by atoms with Gasteiger partial charge in [0.1, 0.15) is 12.2 Å². The van der Waals surface area contributed by atoms with Crippen molar-refractivity contribution in [3.63, 3.8) is 0 Å². The van der Waals surface area contributed by atoms with Crippen LogP contribution in [0.1, 0.15) is 252 Å². The first kappa shape index (κ1) is 52.9. The van der Waals surface area contributed by atoms with Crippen LogP contribution in [-0.4, -0.2) is 49.3 Å². The lowest BCUT2D eigenvalue weighted by atomic mass is 10.0. The van der Waals surface area contributed by atoms with Gasteiger partial charge in [-0.2, -0.15) is 0 Å². The van der Waals surface area contributed by atoms with Crippen LogP contribution in [0.25, 0.3) is 0 Å². The normalized spacial score (nSPS) is 12.3. The minimum absolute atomic E-state index is 0.0297. The largest absolute Gasteiger partial charge is 0.466 e. The second-order valence-electron chi connectivity index (χ2n) is 16.0. The Balaban J connectivity index is 3.67. The van der Waals surface area contributed by atoms with Crippen molar-refractivity contribution in [2.45, 2.75) is 265 Å². The van der Waals surface area contributed by atoms with Crippen molar-refractivity contribution in [3.05, 3.63) is 0 Å². The monoisotopic (exact) mass is 781 g/mol. The van der Waals surface area contributed by atoms with E-state index >= 15 is 0 Å². The summed E-state index contributed by atoms with van der Waals surface area (Å²) >= 11 is 0. The summed E-state index contributed by atoms with van der Waals surface area (Å²) in [5, 5.41) is 0. The van der Waals surface area contributed by atoms with Gasteiger partial charge in [-0.15, -0.1) is 0 Å². The van der Waals surface area contributed by atoms with Gasteiger partial charge in [0, 0.05) is 32.1 Å². The van der Waals surface area contributed by atoms with Gasteiger partial charge in [0.25, 0.3) is 0 Å². The van der Waals surface area contributed by atoms with Gasteiger partial charge in [-0.3, -0.25) is 19.2 Å². The predicted molar refractivity (Wildman–Crippen MR) is 226 cm³/mol. The van der Waals surface area contributed by atoms with E-state index in [9.17, 15) is 19.2 Å². The molecule has 324 valence electrons. The highest BCUT2D eigenvalue weighted by molar-refractivity contribution is 5.70. The molecule has 0 aliphatic carbocycles. The molecule has 55 heavy (non-hydrogen) atoms. The molecule has 0 aromatic rings. The van der Waals surface area contributed by atoms with Gasteiger partial charge in [0.15, 0.2) is 0 Å². The Kier molecular flexibility index (Phi) is 39.9. The molecule has 0 rings (SSSR count). The van der Waals surface area contributed by atoms with Crippen LogP contribution >= 0.6 is 0 Å². The predicted octanol–water partition coefficient (Wildman–Crippen LogP) is 13.6. The fourth-order valence-corrected chi connectivity index (χ4v) is 7.00. The van der Waals surface area contributed by atoms with Crippen LogP contribution in [0.5, 0.6) is 0 Å². The molecule has 8 heteroatoms. The van der Waals surface area contributed by atoms with Gasteiger partial charge in [0.05, 0.1) is 13.2 Å². The standard InChI is InChI=1S/C47H88O8/c1-5-9-11-25-34-42(54-46(50)32-7-3)36-27-21-17-15-13-14-16-18-23-29-38-44(48)52-40-31-41-53-45(49)39-30-24-20-19-22-28-37-43(35-26-12-10-6-2)55-47(51)33-8-4/h42-43H,5-41H2,1-4H3. The Morgan fingerprint density at radius 3 is 0.909 bits per heavy atom. The second-order valence-corrected chi connectivity index (χ2v) is 16.0. The van der Waals surface area contributed by atoms with E-state index in [1.54, 1.807) is 0 Å². The zero-order chi connectivity index (χ0) is 40.5. The summed E-state index contributed by atoms with van der Waals surface area (Å²) in [6, 6.07) is 0. The molecule has 0 radical (unpaired) electrons. The molecular formula is C47H88O8. The van der Waals surface area contributed by atoms with E-state index in [4.69, 9.17) is 18.9 Å². The minimum Gasteiger partial charge on any atom is -0.466 e. The Morgan fingerprint density at radius 2 is 0.600 bits per heavy atom. The molecule has 8 nitrogen and oxygen atoms in total. The van der Waals surface area contributed by atoms with Gasteiger partial charge < -0.3 is 18.9 Å². The number of carbonyl (C=O) groups excluding carboxylic acids is 4. The first-order valence-corrected chi connectivity index (χ1v) is 23.6. The van der Waals surface area contributed by atoms with Gasteiger partial charge in [-0.05, 0) is 77.0 Å². The summed E-state index contributed by atoms with van der Waals surface area (Å²) in [5.74, 6) is -0.414. The molecule has 0 bridgehead atoms. The molecule has 2 atom stereocenters. The molecule has 0 aromatic heterocycles. The van der Waals surface area contributed by atoms with Crippen LogP contribution in [0.15, 0.2) is 0 Å². The average molecular weight is 781 g/mol. The van der Waals surface area contributed by atoms with Gasteiger partial charge in [-0.1, -0.05) is 143 Å². The molecule has 0 saturated carbocycles. The van der Waals surface area contributed by atoms with Crippen molar-refractivity contribution in [2.75, 3.05) is 13.2 Å². The zero-order valence-electron chi connectivity index (χ0n) is 36.6. The van der Waals surface area contributed by atoms with Crippen LogP contribution < -0.4 is 0 Å². The lowest BCUT2D eigenvalue weighted by Gasteiger charge is -2.18. The van der Waals surface area contributed by atoms with Crippen molar-refractivity contribution >= 4 is 23.9 Å². The SMILES string of the molecule is CCCCCCC(CCCCCCCCCCCCC(=O)OCCCOC(=O)CCCCCCCCC(CCCCCC)OC(=O)CCC)OC(=O)CCC. The maximum absolute atomic E-state index is 12.1. The lowest BCUT2D eigenvalue weighted by Crippen LogP contribution is -2.18. The van der Waals surface area contributed by atoms with Gasteiger partial charge in [0.2, 0.25) is 0 Å². The number of hydrogen-bond donors (Lipinski definition) is 0. The molecule has 0 amide bonds. The highest BCUT2D eigenvalue weighted by Crippen LogP contribution is 2.19. The minimum atomic E-state index is -0.171. The van der Waals surface area contributed by atoms with Crippen LogP contribution in [0.2, 0.25) is 0 Å². The Morgan fingerprint density at radius 1 is 0.309 bits per heavy atom. The first-order valence-electron chi connectivity index (χ1n) is 23.6. The van der Waals surface area contributed by atoms with E-state index < -0.39 is 0 Å². The molecule has 0 N–H and O–H groups in total. The highest BCUT2D eigenvalue weighted by Gasteiger charge is 2.15. The number of hydrogen-bond acceptors (Lipinski definition) is 8. The summed E-state index contributed by atoms with van der Waals surface area (Å²) in [6.45, 7) is 9.06. The zero-order valence-corrected chi connectivity index (χ0v) is 36.6. The quantitative estimate of drug-likeness (QED) is 0.0342. The smallest absolute Gasteiger partial charge is 0.306 e. The van der Waals surface area contributed by atoms with Crippen molar-refractivity contribution in [1.29, 1.82) is 0 Å². The van der Waals surface area contributed by atoms with Crippen molar-refractivity contribution in [1.82, 2.24) is 0 Å². The number of rotatable bonds is 42. The molecule has 0 aliphatic rings. The maximum atomic E-state index is 12.1. The van der Waals surface area contributed by atoms with Crippen molar-refractivity contribution in [3.8, 4) is 0 Å². The third kappa shape index (κ3) is 38.5. The molecular weight excluding hydrogens is 693 g/mol. The van der Waals surface area contributed by atoms with E-state index in [0.717, 1.165) is 116 Å². The maximum Gasteiger partial charge on any atom is 0.306 e. The molecule has 0 saturated heterocycles. The van der Waals surface area contributed by atoms with Crippen LogP contribution in [0.4, 0.5) is 0 Å². The summed E-state index contributed by atoms with van der Waals surface area (Å²) in [5.41, 5.74) is 0. The third-order valence-electron chi connectivity index (χ3n) is 10.4. The molecule has 0 spiro atoms. The first-order chi connectivity index (χ1) is 26.9. The van der Waals surface area contributed by atoms with E-state index in [1.807, 2.05) is 13.8 Å². The number of carbonyl (C=O) groups is 4.